The van der Waals surface area contributed by atoms with Gasteiger partial charge in [0, 0.05) is 12.0 Å². The topological polar surface area (TPSA) is 35.7 Å². The fraction of sp³-hybridized carbons (Fsp3) is 0.350. The van der Waals surface area contributed by atoms with E-state index in [1.807, 2.05) is 54.6 Å². The lowest BCUT2D eigenvalue weighted by Crippen LogP contribution is -2.47. The maximum atomic E-state index is 11.7. The van der Waals surface area contributed by atoms with Crippen LogP contribution in [0, 0.1) is 0 Å². The molecule has 0 fully saturated rings. The SMILES string of the molecule is COc1ccc(N2C3=[N+](CCCC3)C[C@@]2(O)c2ccccc2)cc1. The van der Waals surface area contributed by atoms with Gasteiger partial charge in [0.15, 0.2) is 6.54 Å². The zero-order chi connectivity index (χ0) is 16.6. The Morgan fingerprint density at radius 1 is 1.04 bits per heavy atom. The molecule has 0 unspecified atom stereocenters. The van der Waals surface area contributed by atoms with Gasteiger partial charge in [0.05, 0.1) is 13.7 Å². The quantitative estimate of drug-likeness (QED) is 0.882. The molecule has 0 radical (unpaired) electrons. The van der Waals surface area contributed by atoms with E-state index in [0.717, 1.165) is 30.0 Å². The van der Waals surface area contributed by atoms with Crippen LogP contribution in [-0.4, -0.2) is 35.7 Å². The molecule has 0 saturated heterocycles. The van der Waals surface area contributed by atoms with E-state index in [4.69, 9.17) is 4.74 Å². The van der Waals surface area contributed by atoms with Gasteiger partial charge >= 0.3 is 0 Å². The van der Waals surface area contributed by atoms with Crippen LogP contribution in [0.25, 0.3) is 0 Å². The van der Waals surface area contributed by atoms with Crippen molar-refractivity contribution in [3.05, 3.63) is 60.2 Å². The first-order valence-corrected chi connectivity index (χ1v) is 8.55. The smallest absolute Gasteiger partial charge is 0.275 e. The fourth-order valence-electron chi connectivity index (χ4n) is 3.87. The Labute approximate surface area is 142 Å². The van der Waals surface area contributed by atoms with Crippen molar-refractivity contribution in [2.24, 2.45) is 0 Å². The molecule has 2 aliphatic heterocycles. The second-order valence-corrected chi connectivity index (χ2v) is 6.51. The Morgan fingerprint density at radius 3 is 2.50 bits per heavy atom. The van der Waals surface area contributed by atoms with E-state index in [0.29, 0.717) is 6.54 Å². The number of ether oxygens (including phenoxy) is 1. The van der Waals surface area contributed by atoms with E-state index < -0.39 is 5.72 Å². The molecule has 2 aromatic carbocycles. The second kappa shape index (κ2) is 5.95. The number of nitrogens with zero attached hydrogens (tertiary/aromatic N) is 2. The molecule has 1 N–H and O–H groups in total. The van der Waals surface area contributed by atoms with Crippen molar-refractivity contribution in [1.82, 2.24) is 0 Å². The number of hydrogen-bond acceptors (Lipinski definition) is 3. The van der Waals surface area contributed by atoms with Gasteiger partial charge in [-0.1, -0.05) is 30.3 Å². The van der Waals surface area contributed by atoms with Gasteiger partial charge in [0.2, 0.25) is 0 Å². The molecule has 4 rings (SSSR count). The number of rotatable bonds is 3. The van der Waals surface area contributed by atoms with Crippen LogP contribution < -0.4 is 9.64 Å². The molecule has 0 aromatic heterocycles. The van der Waals surface area contributed by atoms with Crippen LogP contribution in [0.5, 0.6) is 5.75 Å². The molecule has 0 saturated carbocycles. The van der Waals surface area contributed by atoms with E-state index in [9.17, 15) is 5.11 Å². The average molecular weight is 323 g/mol. The summed E-state index contributed by atoms with van der Waals surface area (Å²) in [6.45, 7) is 1.62. The molecule has 124 valence electrons. The van der Waals surface area contributed by atoms with Gasteiger partial charge in [-0.3, -0.25) is 4.58 Å². The van der Waals surface area contributed by atoms with E-state index >= 15 is 0 Å². The normalized spacial score (nSPS) is 23.3. The number of aliphatic hydroxyl groups is 1. The lowest BCUT2D eigenvalue weighted by Gasteiger charge is -2.29. The molecule has 0 bridgehead atoms. The van der Waals surface area contributed by atoms with E-state index in [1.54, 1.807) is 7.11 Å². The Kier molecular flexibility index (Phi) is 3.77. The number of benzene rings is 2. The van der Waals surface area contributed by atoms with Crippen LogP contribution in [0.3, 0.4) is 0 Å². The molecular weight excluding hydrogens is 300 g/mol. The minimum atomic E-state index is -1.03. The average Bonchev–Trinajstić information content (AvgIpc) is 2.96. The first kappa shape index (κ1) is 15.2. The summed E-state index contributed by atoms with van der Waals surface area (Å²) in [5.41, 5.74) is 0.902. The fourth-order valence-corrected chi connectivity index (χ4v) is 3.87. The van der Waals surface area contributed by atoms with E-state index in [2.05, 4.69) is 9.48 Å². The molecule has 24 heavy (non-hydrogen) atoms. The summed E-state index contributed by atoms with van der Waals surface area (Å²) < 4.78 is 7.61. The lowest BCUT2D eigenvalue weighted by atomic mass is 10.0. The van der Waals surface area contributed by atoms with Gasteiger partial charge in [0.25, 0.3) is 11.6 Å². The van der Waals surface area contributed by atoms with Crippen molar-refractivity contribution in [3.63, 3.8) is 0 Å². The highest BCUT2D eigenvalue weighted by atomic mass is 16.5. The molecule has 2 aliphatic rings. The zero-order valence-corrected chi connectivity index (χ0v) is 14.0. The molecule has 2 heterocycles. The van der Waals surface area contributed by atoms with Crippen molar-refractivity contribution >= 4 is 11.5 Å². The molecule has 0 aliphatic carbocycles. The highest BCUT2D eigenvalue weighted by Crippen LogP contribution is 2.38. The monoisotopic (exact) mass is 323 g/mol. The van der Waals surface area contributed by atoms with E-state index in [1.165, 1.54) is 18.7 Å². The standard InChI is InChI=1S/C20H23N2O2/c1-24-18-12-10-17(11-13-18)22-19-9-5-6-14-21(19)15-20(22,23)16-7-3-2-4-8-16/h2-4,7-8,10-13,23H,5-6,9,14-15H2,1H3/q+1/t20-/m1/s1. The summed E-state index contributed by atoms with van der Waals surface area (Å²) in [5, 5.41) is 11.7. The summed E-state index contributed by atoms with van der Waals surface area (Å²) in [5.74, 6) is 2.05. The summed E-state index contributed by atoms with van der Waals surface area (Å²) >= 11 is 0. The molecule has 1 atom stereocenters. The summed E-state index contributed by atoms with van der Waals surface area (Å²) in [7, 11) is 1.67. The first-order valence-electron chi connectivity index (χ1n) is 8.55. The third kappa shape index (κ3) is 2.38. The maximum Gasteiger partial charge on any atom is 0.275 e. The van der Waals surface area contributed by atoms with Crippen LogP contribution in [0.2, 0.25) is 0 Å². The van der Waals surface area contributed by atoms with Crippen LogP contribution in [0.15, 0.2) is 54.6 Å². The van der Waals surface area contributed by atoms with Crippen molar-refractivity contribution in [2.75, 3.05) is 25.1 Å². The highest BCUT2D eigenvalue weighted by molar-refractivity contribution is 5.97. The number of anilines is 1. The van der Waals surface area contributed by atoms with Crippen molar-refractivity contribution in [2.45, 2.75) is 25.0 Å². The summed E-state index contributed by atoms with van der Waals surface area (Å²) in [6, 6.07) is 17.9. The van der Waals surface area contributed by atoms with E-state index in [-0.39, 0.29) is 0 Å². The van der Waals surface area contributed by atoms with Crippen LogP contribution in [0.4, 0.5) is 5.69 Å². The number of hydrogen-bond donors (Lipinski definition) is 1. The van der Waals surface area contributed by atoms with Crippen molar-refractivity contribution in [1.29, 1.82) is 0 Å². The number of amidine groups is 1. The molecule has 4 nitrogen and oxygen atoms in total. The predicted octanol–water partition coefficient (Wildman–Crippen LogP) is 2.96. The Balaban J connectivity index is 1.81. The summed E-state index contributed by atoms with van der Waals surface area (Å²) in [6.07, 6.45) is 3.36. The Hall–Kier alpha value is -2.33. The van der Waals surface area contributed by atoms with Crippen molar-refractivity contribution in [3.8, 4) is 5.75 Å². The first-order chi connectivity index (χ1) is 11.7. The predicted molar refractivity (Wildman–Crippen MR) is 94.7 cm³/mol. The summed E-state index contributed by atoms with van der Waals surface area (Å²) in [4.78, 5) is 2.11. The minimum Gasteiger partial charge on any atom is -0.497 e. The molecule has 0 amide bonds. The van der Waals surface area contributed by atoms with Gasteiger partial charge < -0.3 is 9.84 Å². The minimum absolute atomic E-state index is 0.609. The molecule has 0 spiro atoms. The third-order valence-electron chi connectivity index (χ3n) is 5.05. The second-order valence-electron chi connectivity index (χ2n) is 6.51. The zero-order valence-electron chi connectivity index (χ0n) is 14.0. The Morgan fingerprint density at radius 2 is 1.79 bits per heavy atom. The van der Waals surface area contributed by atoms with Gasteiger partial charge in [-0.25, -0.2) is 0 Å². The van der Waals surface area contributed by atoms with Crippen molar-refractivity contribution < 1.29 is 14.4 Å². The van der Waals surface area contributed by atoms with Crippen LogP contribution in [0.1, 0.15) is 24.8 Å². The Bertz CT molecular complexity index is 755. The number of methoxy groups -OCH3 is 1. The van der Waals surface area contributed by atoms with Gasteiger partial charge in [-0.15, -0.1) is 0 Å². The van der Waals surface area contributed by atoms with Gasteiger partial charge in [0.1, 0.15) is 11.4 Å². The molecular formula is C20H23N2O2+. The largest absolute Gasteiger partial charge is 0.497 e. The lowest BCUT2D eigenvalue weighted by molar-refractivity contribution is -0.538. The maximum absolute atomic E-state index is 11.7. The highest BCUT2D eigenvalue weighted by Gasteiger charge is 2.54. The molecule has 2 aromatic rings. The van der Waals surface area contributed by atoms with Crippen LogP contribution in [-0.2, 0) is 5.72 Å². The van der Waals surface area contributed by atoms with Gasteiger partial charge in [-0.05, 0) is 37.1 Å². The van der Waals surface area contributed by atoms with Gasteiger partial charge in [-0.2, -0.15) is 4.90 Å². The molecule has 4 heteroatoms. The third-order valence-corrected chi connectivity index (χ3v) is 5.05. The van der Waals surface area contributed by atoms with Crippen LogP contribution >= 0.6 is 0 Å².